The van der Waals surface area contributed by atoms with Crippen LogP contribution in [0, 0.1) is 13.8 Å². The second kappa shape index (κ2) is 6.12. The van der Waals surface area contributed by atoms with E-state index in [1.807, 2.05) is 0 Å². The number of aryl methyl sites for hydroxylation is 2. The standard InChI is InChI=1S/C13H19NO.ClH/c1-10-5-3-6-11(2)13(10)15-9-12-7-4-8-14-12;/h3,5-6,12,14H,4,7-9H2,1-2H3;1H/t12-;/m1./s1. The third-order valence-corrected chi connectivity index (χ3v) is 3.13. The van der Waals surface area contributed by atoms with Crippen LogP contribution in [0.3, 0.4) is 0 Å². The quantitative estimate of drug-likeness (QED) is 0.679. The van der Waals surface area contributed by atoms with Crippen LogP contribution in [-0.4, -0.2) is 19.2 Å². The van der Waals surface area contributed by atoms with Gasteiger partial charge in [0.05, 0.1) is 6.54 Å². The normalized spacial score (nSPS) is 19.2. The molecule has 3 heteroatoms. The summed E-state index contributed by atoms with van der Waals surface area (Å²) in [5, 5.41) is 2.40. The van der Waals surface area contributed by atoms with Crippen LogP contribution in [0.4, 0.5) is 0 Å². The van der Waals surface area contributed by atoms with Crippen LogP contribution in [0.1, 0.15) is 24.0 Å². The first-order valence-electron chi connectivity index (χ1n) is 5.79. The molecular formula is C13H20ClNO. The number of halogens is 1. The van der Waals surface area contributed by atoms with Gasteiger partial charge in [-0.1, -0.05) is 18.2 Å². The molecule has 1 aromatic carbocycles. The van der Waals surface area contributed by atoms with Gasteiger partial charge in [0.15, 0.2) is 0 Å². The van der Waals surface area contributed by atoms with E-state index in [1.165, 1.54) is 30.5 Å². The van der Waals surface area contributed by atoms with E-state index in [-0.39, 0.29) is 12.4 Å². The summed E-state index contributed by atoms with van der Waals surface area (Å²) in [6.45, 7) is 6.34. The number of hydrogen-bond acceptors (Lipinski definition) is 1. The predicted molar refractivity (Wildman–Crippen MR) is 61.2 cm³/mol. The summed E-state index contributed by atoms with van der Waals surface area (Å²) in [4.78, 5) is 0. The topological polar surface area (TPSA) is 25.8 Å². The van der Waals surface area contributed by atoms with Gasteiger partial charge in [0.2, 0.25) is 0 Å². The van der Waals surface area contributed by atoms with E-state index < -0.39 is 0 Å². The molecule has 2 N–H and O–H groups in total. The van der Waals surface area contributed by atoms with Gasteiger partial charge in [-0.3, -0.25) is 0 Å². The lowest BCUT2D eigenvalue weighted by Gasteiger charge is -2.13. The summed E-state index contributed by atoms with van der Waals surface area (Å²) in [6.07, 6.45) is 2.63. The highest BCUT2D eigenvalue weighted by molar-refractivity contribution is 5.39. The molecule has 1 atom stereocenters. The number of ether oxygens (including phenoxy) is 1. The van der Waals surface area contributed by atoms with Crippen molar-refractivity contribution >= 4 is 0 Å². The number of quaternary nitrogens is 1. The highest BCUT2D eigenvalue weighted by Crippen LogP contribution is 2.22. The smallest absolute Gasteiger partial charge is 0.140 e. The maximum Gasteiger partial charge on any atom is 0.140 e. The molecular weight excluding hydrogens is 222 g/mol. The average molecular weight is 242 g/mol. The van der Waals surface area contributed by atoms with Gasteiger partial charge in [-0.05, 0) is 25.0 Å². The van der Waals surface area contributed by atoms with E-state index in [2.05, 4.69) is 37.4 Å². The second-order valence-electron chi connectivity index (χ2n) is 4.46. The number of rotatable bonds is 3. The first-order chi connectivity index (χ1) is 7.27. The number of hydrogen-bond donors (Lipinski definition) is 1. The highest BCUT2D eigenvalue weighted by atomic mass is 35.5. The summed E-state index contributed by atoms with van der Waals surface area (Å²) in [5.41, 5.74) is 2.49. The Kier molecular flexibility index (Phi) is 5.10. The monoisotopic (exact) mass is 241 g/mol. The van der Waals surface area contributed by atoms with E-state index in [0.29, 0.717) is 6.04 Å². The van der Waals surface area contributed by atoms with Crippen LogP contribution in [0.15, 0.2) is 18.2 Å². The third kappa shape index (κ3) is 3.13. The fraction of sp³-hybridized carbons (Fsp3) is 0.538. The number of para-hydroxylation sites is 1. The molecule has 1 saturated heterocycles. The fourth-order valence-corrected chi connectivity index (χ4v) is 2.22. The van der Waals surface area contributed by atoms with E-state index in [4.69, 9.17) is 4.74 Å². The van der Waals surface area contributed by atoms with Crippen LogP contribution in [0.25, 0.3) is 0 Å². The Morgan fingerprint density at radius 3 is 2.56 bits per heavy atom. The summed E-state index contributed by atoms with van der Waals surface area (Å²) in [7, 11) is 0. The minimum Gasteiger partial charge on any atom is -1.00 e. The van der Waals surface area contributed by atoms with Gasteiger partial charge in [0.1, 0.15) is 18.4 Å². The minimum atomic E-state index is 0. The molecule has 0 spiro atoms. The van der Waals surface area contributed by atoms with Gasteiger partial charge in [0.25, 0.3) is 0 Å². The molecule has 1 heterocycles. The second-order valence-corrected chi connectivity index (χ2v) is 4.46. The van der Waals surface area contributed by atoms with Crippen molar-refractivity contribution in [3.8, 4) is 5.75 Å². The molecule has 0 amide bonds. The molecule has 0 saturated carbocycles. The Balaban J connectivity index is 0.00000128. The fourth-order valence-electron chi connectivity index (χ4n) is 2.22. The molecule has 1 fully saturated rings. The van der Waals surface area contributed by atoms with Gasteiger partial charge < -0.3 is 22.5 Å². The number of benzene rings is 1. The molecule has 1 aromatic rings. The van der Waals surface area contributed by atoms with Gasteiger partial charge in [-0.15, -0.1) is 0 Å². The lowest BCUT2D eigenvalue weighted by molar-refractivity contribution is -0.670. The average Bonchev–Trinajstić information content (AvgIpc) is 2.70. The Labute approximate surface area is 104 Å². The summed E-state index contributed by atoms with van der Waals surface area (Å²) < 4.78 is 5.92. The van der Waals surface area contributed by atoms with Crippen LogP contribution >= 0.6 is 0 Å². The van der Waals surface area contributed by atoms with Crippen molar-refractivity contribution < 1.29 is 22.5 Å². The minimum absolute atomic E-state index is 0. The van der Waals surface area contributed by atoms with Crippen molar-refractivity contribution in [2.75, 3.05) is 13.2 Å². The Morgan fingerprint density at radius 2 is 2.00 bits per heavy atom. The first-order valence-corrected chi connectivity index (χ1v) is 5.79. The molecule has 1 aliphatic rings. The lowest BCUT2D eigenvalue weighted by atomic mass is 10.1. The molecule has 0 unspecified atom stereocenters. The van der Waals surface area contributed by atoms with E-state index in [0.717, 1.165) is 12.4 Å². The van der Waals surface area contributed by atoms with E-state index >= 15 is 0 Å². The van der Waals surface area contributed by atoms with Crippen LogP contribution in [-0.2, 0) is 0 Å². The molecule has 2 nitrogen and oxygen atoms in total. The van der Waals surface area contributed by atoms with Crippen molar-refractivity contribution in [2.24, 2.45) is 0 Å². The van der Waals surface area contributed by atoms with E-state index in [1.54, 1.807) is 0 Å². The van der Waals surface area contributed by atoms with Crippen molar-refractivity contribution in [2.45, 2.75) is 32.7 Å². The summed E-state index contributed by atoms with van der Waals surface area (Å²) in [6, 6.07) is 6.98. The molecule has 90 valence electrons. The van der Waals surface area contributed by atoms with Crippen molar-refractivity contribution in [3.05, 3.63) is 29.3 Å². The zero-order valence-corrected chi connectivity index (χ0v) is 10.8. The molecule has 0 radical (unpaired) electrons. The van der Waals surface area contributed by atoms with Gasteiger partial charge in [0, 0.05) is 12.8 Å². The van der Waals surface area contributed by atoms with Crippen LogP contribution in [0.5, 0.6) is 5.75 Å². The zero-order chi connectivity index (χ0) is 10.7. The Bertz CT molecular complexity index is 314. The van der Waals surface area contributed by atoms with Crippen molar-refractivity contribution in [3.63, 3.8) is 0 Å². The molecule has 1 aliphatic heterocycles. The molecule has 0 aromatic heterocycles. The summed E-state index contributed by atoms with van der Waals surface area (Å²) in [5.74, 6) is 1.08. The predicted octanol–water partition coefficient (Wildman–Crippen LogP) is -1.59. The first kappa shape index (κ1) is 13.3. The van der Waals surface area contributed by atoms with Crippen molar-refractivity contribution in [1.29, 1.82) is 0 Å². The number of nitrogens with two attached hydrogens (primary N) is 1. The molecule has 2 rings (SSSR count). The lowest BCUT2D eigenvalue weighted by Crippen LogP contribution is -3.00. The third-order valence-electron chi connectivity index (χ3n) is 3.13. The molecule has 0 bridgehead atoms. The van der Waals surface area contributed by atoms with Gasteiger partial charge in [-0.2, -0.15) is 0 Å². The maximum absolute atomic E-state index is 5.92. The zero-order valence-electron chi connectivity index (χ0n) is 10.0. The largest absolute Gasteiger partial charge is 1.00 e. The Morgan fingerprint density at radius 1 is 1.31 bits per heavy atom. The SMILES string of the molecule is Cc1cccc(C)c1OC[C@H]1CCC[NH2+]1.[Cl-]. The highest BCUT2D eigenvalue weighted by Gasteiger charge is 2.19. The van der Waals surface area contributed by atoms with Crippen LogP contribution in [0.2, 0.25) is 0 Å². The van der Waals surface area contributed by atoms with Crippen LogP contribution < -0.4 is 22.5 Å². The van der Waals surface area contributed by atoms with Gasteiger partial charge in [-0.25, -0.2) is 0 Å². The van der Waals surface area contributed by atoms with Crippen molar-refractivity contribution in [1.82, 2.24) is 0 Å². The summed E-state index contributed by atoms with van der Waals surface area (Å²) >= 11 is 0. The molecule has 0 aliphatic carbocycles. The van der Waals surface area contributed by atoms with E-state index in [9.17, 15) is 0 Å². The molecule has 16 heavy (non-hydrogen) atoms. The van der Waals surface area contributed by atoms with Gasteiger partial charge >= 0.3 is 0 Å². The maximum atomic E-state index is 5.92. The Hall–Kier alpha value is -0.730.